The van der Waals surface area contributed by atoms with Crippen LogP contribution in [0.3, 0.4) is 0 Å². The lowest BCUT2D eigenvalue weighted by atomic mass is 10.2. The van der Waals surface area contributed by atoms with E-state index in [2.05, 4.69) is 9.97 Å². The van der Waals surface area contributed by atoms with Crippen LogP contribution < -0.4 is 5.73 Å². The van der Waals surface area contributed by atoms with Crippen molar-refractivity contribution in [2.75, 3.05) is 0 Å². The van der Waals surface area contributed by atoms with Gasteiger partial charge in [0.25, 0.3) is 0 Å². The molecule has 2 aromatic rings. The fraction of sp³-hybridized carbons (Fsp3) is 0.364. The smallest absolute Gasteiger partial charge is 0.391 e. The summed E-state index contributed by atoms with van der Waals surface area (Å²) in [6.07, 6.45) is -5.24. The van der Waals surface area contributed by atoms with Gasteiger partial charge in [-0.3, -0.25) is 0 Å². The Morgan fingerprint density at radius 2 is 2.06 bits per heavy atom. The second-order valence-electron chi connectivity index (χ2n) is 4.12. The maximum absolute atomic E-state index is 12.5. The molecule has 2 rings (SSSR count). The number of alkyl halides is 3. The Labute approximate surface area is 101 Å². The Bertz CT molecular complexity index is 562. The van der Waals surface area contributed by atoms with Crippen LogP contribution in [0.15, 0.2) is 18.2 Å². The minimum atomic E-state index is -4.40. The average molecular weight is 259 g/mol. The molecule has 0 aliphatic rings. The topological polar surface area (TPSA) is 74.9 Å². The van der Waals surface area contributed by atoms with Crippen LogP contribution in [0.5, 0.6) is 0 Å². The molecule has 7 heteroatoms. The number of halogens is 3. The molecular formula is C11H12F3N3O. The van der Waals surface area contributed by atoms with E-state index in [9.17, 15) is 18.3 Å². The van der Waals surface area contributed by atoms with E-state index in [4.69, 9.17) is 5.73 Å². The van der Waals surface area contributed by atoms with E-state index in [1.807, 2.05) is 0 Å². The second-order valence-corrected chi connectivity index (χ2v) is 4.12. The summed E-state index contributed by atoms with van der Waals surface area (Å²) in [6, 6.07) is 2.45. The number of aliphatic hydroxyl groups is 1. The van der Waals surface area contributed by atoms with Crippen LogP contribution in [-0.2, 0) is 6.18 Å². The molecule has 0 aliphatic heterocycles. The molecule has 18 heavy (non-hydrogen) atoms. The highest BCUT2D eigenvalue weighted by Gasteiger charge is 2.30. The highest BCUT2D eigenvalue weighted by molar-refractivity contribution is 5.76. The summed E-state index contributed by atoms with van der Waals surface area (Å²) in [4.78, 5) is 6.74. The zero-order chi connectivity index (χ0) is 13.5. The Morgan fingerprint density at radius 1 is 1.39 bits per heavy atom. The first-order chi connectivity index (χ1) is 8.29. The molecule has 4 N–H and O–H groups in total. The summed E-state index contributed by atoms with van der Waals surface area (Å²) in [6.45, 7) is 1.49. The van der Waals surface area contributed by atoms with E-state index in [1.54, 1.807) is 0 Å². The average Bonchev–Trinajstić information content (AvgIpc) is 2.68. The van der Waals surface area contributed by atoms with Crippen molar-refractivity contribution in [3.8, 4) is 0 Å². The van der Waals surface area contributed by atoms with Crippen LogP contribution >= 0.6 is 0 Å². The van der Waals surface area contributed by atoms with Crippen LogP contribution in [0.4, 0.5) is 13.2 Å². The predicted octanol–water partition coefficient (Wildman–Crippen LogP) is 1.96. The second kappa shape index (κ2) is 4.25. The van der Waals surface area contributed by atoms with Crippen molar-refractivity contribution in [2.24, 2.45) is 5.73 Å². The maximum atomic E-state index is 12.5. The van der Waals surface area contributed by atoms with Crippen LogP contribution in [0.25, 0.3) is 11.0 Å². The molecular weight excluding hydrogens is 247 g/mol. The van der Waals surface area contributed by atoms with Gasteiger partial charge in [0.2, 0.25) is 0 Å². The first-order valence-electron chi connectivity index (χ1n) is 5.29. The molecule has 4 nitrogen and oxygen atoms in total. The van der Waals surface area contributed by atoms with Gasteiger partial charge in [-0.25, -0.2) is 4.98 Å². The fourth-order valence-electron chi connectivity index (χ4n) is 1.59. The summed E-state index contributed by atoms with van der Waals surface area (Å²) < 4.78 is 37.5. The SMILES string of the molecule is CC(O)C(N)c1nc2ccc(C(F)(F)F)cc2[nH]1. The van der Waals surface area contributed by atoms with E-state index in [1.165, 1.54) is 13.0 Å². The van der Waals surface area contributed by atoms with E-state index < -0.39 is 23.9 Å². The van der Waals surface area contributed by atoms with Gasteiger partial charge in [-0.15, -0.1) is 0 Å². The first kappa shape index (κ1) is 12.8. The van der Waals surface area contributed by atoms with E-state index in [0.717, 1.165) is 12.1 Å². The van der Waals surface area contributed by atoms with E-state index in [0.29, 0.717) is 5.52 Å². The molecule has 2 unspecified atom stereocenters. The van der Waals surface area contributed by atoms with Crippen molar-refractivity contribution in [2.45, 2.75) is 25.2 Å². The van der Waals surface area contributed by atoms with Crippen molar-refractivity contribution in [1.82, 2.24) is 9.97 Å². The molecule has 0 amide bonds. The molecule has 1 aromatic heterocycles. The molecule has 98 valence electrons. The summed E-state index contributed by atoms with van der Waals surface area (Å²) in [7, 11) is 0. The third kappa shape index (κ3) is 2.32. The van der Waals surface area contributed by atoms with Gasteiger partial charge in [0.05, 0.1) is 28.7 Å². The third-order valence-electron chi connectivity index (χ3n) is 2.66. The van der Waals surface area contributed by atoms with Crippen molar-refractivity contribution in [3.05, 3.63) is 29.6 Å². The van der Waals surface area contributed by atoms with Crippen LogP contribution in [0, 0.1) is 0 Å². The Hall–Kier alpha value is -1.60. The summed E-state index contributed by atoms with van der Waals surface area (Å²) in [5, 5.41) is 9.32. The van der Waals surface area contributed by atoms with Gasteiger partial charge >= 0.3 is 6.18 Å². The number of aromatic nitrogens is 2. The molecule has 2 atom stereocenters. The lowest BCUT2D eigenvalue weighted by Crippen LogP contribution is -2.24. The number of imidazole rings is 1. The highest BCUT2D eigenvalue weighted by Crippen LogP contribution is 2.31. The molecule has 0 saturated carbocycles. The van der Waals surface area contributed by atoms with Gasteiger partial charge in [0.15, 0.2) is 0 Å². The van der Waals surface area contributed by atoms with Gasteiger partial charge in [-0.05, 0) is 25.1 Å². The summed E-state index contributed by atoms with van der Waals surface area (Å²) >= 11 is 0. The Balaban J connectivity index is 2.46. The quantitative estimate of drug-likeness (QED) is 0.771. The number of fused-ring (bicyclic) bond motifs is 1. The van der Waals surface area contributed by atoms with Gasteiger partial charge < -0.3 is 15.8 Å². The number of nitrogens with zero attached hydrogens (tertiary/aromatic N) is 1. The summed E-state index contributed by atoms with van der Waals surface area (Å²) in [5.74, 6) is 0.263. The molecule has 1 aromatic carbocycles. The summed E-state index contributed by atoms with van der Waals surface area (Å²) in [5.41, 5.74) is 5.54. The highest BCUT2D eigenvalue weighted by atomic mass is 19.4. The lowest BCUT2D eigenvalue weighted by Gasteiger charge is -2.10. The lowest BCUT2D eigenvalue weighted by molar-refractivity contribution is -0.137. The normalized spacial score (nSPS) is 15.9. The predicted molar refractivity (Wildman–Crippen MR) is 59.7 cm³/mol. The first-order valence-corrected chi connectivity index (χ1v) is 5.29. The number of H-pyrrole nitrogens is 1. The minimum absolute atomic E-state index is 0.246. The molecule has 0 fully saturated rings. The molecule has 1 heterocycles. The van der Waals surface area contributed by atoms with Gasteiger partial charge in [0, 0.05) is 0 Å². The maximum Gasteiger partial charge on any atom is 0.416 e. The Kier molecular flexibility index (Phi) is 3.04. The third-order valence-corrected chi connectivity index (χ3v) is 2.66. The van der Waals surface area contributed by atoms with Crippen molar-refractivity contribution < 1.29 is 18.3 Å². The van der Waals surface area contributed by atoms with E-state index in [-0.39, 0.29) is 11.3 Å². The fourth-order valence-corrected chi connectivity index (χ4v) is 1.59. The number of nitrogens with two attached hydrogens (primary N) is 1. The number of nitrogens with one attached hydrogen (secondary N) is 1. The minimum Gasteiger partial charge on any atom is -0.391 e. The van der Waals surface area contributed by atoms with Crippen LogP contribution in [-0.4, -0.2) is 21.2 Å². The van der Waals surface area contributed by atoms with E-state index >= 15 is 0 Å². The molecule has 0 aliphatic carbocycles. The van der Waals surface area contributed by atoms with Gasteiger partial charge in [-0.2, -0.15) is 13.2 Å². The number of hydrogen-bond acceptors (Lipinski definition) is 3. The molecule has 0 radical (unpaired) electrons. The van der Waals surface area contributed by atoms with Crippen molar-refractivity contribution >= 4 is 11.0 Å². The molecule has 0 spiro atoms. The standard InChI is InChI=1S/C11H12F3N3O/c1-5(18)9(15)10-16-7-3-2-6(11(12,13)14)4-8(7)17-10/h2-5,9,18H,15H2,1H3,(H,16,17). The number of hydrogen-bond donors (Lipinski definition) is 3. The van der Waals surface area contributed by atoms with Gasteiger partial charge in [-0.1, -0.05) is 0 Å². The number of aromatic amines is 1. The zero-order valence-electron chi connectivity index (χ0n) is 9.49. The number of benzene rings is 1. The number of aliphatic hydroxyl groups excluding tert-OH is 1. The van der Waals surface area contributed by atoms with Crippen LogP contribution in [0.2, 0.25) is 0 Å². The largest absolute Gasteiger partial charge is 0.416 e. The van der Waals surface area contributed by atoms with Crippen LogP contribution in [0.1, 0.15) is 24.4 Å². The van der Waals surface area contributed by atoms with Crippen molar-refractivity contribution in [1.29, 1.82) is 0 Å². The van der Waals surface area contributed by atoms with Gasteiger partial charge in [0.1, 0.15) is 5.82 Å². The monoisotopic (exact) mass is 259 g/mol. The van der Waals surface area contributed by atoms with Crippen molar-refractivity contribution in [3.63, 3.8) is 0 Å². The molecule has 0 saturated heterocycles. The molecule has 0 bridgehead atoms. The number of rotatable bonds is 2. The zero-order valence-corrected chi connectivity index (χ0v) is 9.49. The Morgan fingerprint density at radius 3 is 2.61 bits per heavy atom.